The molecule has 0 aromatic heterocycles. The second-order valence-corrected chi connectivity index (χ2v) is 5.12. The number of nitrogens with zero attached hydrogens (tertiary/aromatic N) is 2. The fourth-order valence-corrected chi connectivity index (χ4v) is 2.53. The summed E-state index contributed by atoms with van der Waals surface area (Å²) < 4.78 is 38.8. The minimum absolute atomic E-state index is 0.364. The van der Waals surface area contributed by atoms with Crippen molar-refractivity contribution in [3.05, 3.63) is 33.9 Å². The molecular formula is C13H16F3N3O2. The molecule has 0 saturated carbocycles. The van der Waals surface area contributed by atoms with Crippen molar-refractivity contribution in [2.75, 3.05) is 24.5 Å². The number of benzene rings is 1. The smallest absolute Gasteiger partial charge is 0.371 e. The van der Waals surface area contributed by atoms with Gasteiger partial charge in [-0.05, 0) is 37.4 Å². The zero-order valence-corrected chi connectivity index (χ0v) is 11.3. The van der Waals surface area contributed by atoms with Crippen LogP contribution in [0.3, 0.4) is 0 Å². The number of hydrogen-bond donors (Lipinski definition) is 1. The Hall–Kier alpha value is -1.83. The summed E-state index contributed by atoms with van der Waals surface area (Å²) in [4.78, 5) is 11.5. The van der Waals surface area contributed by atoms with Gasteiger partial charge in [-0.15, -0.1) is 0 Å². The lowest BCUT2D eigenvalue weighted by Crippen LogP contribution is -2.36. The Morgan fingerprint density at radius 3 is 2.43 bits per heavy atom. The van der Waals surface area contributed by atoms with Gasteiger partial charge in [-0.1, -0.05) is 0 Å². The second-order valence-electron chi connectivity index (χ2n) is 5.12. The molecule has 21 heavy (non-hydrogen) atoms. The lowest BCUT2D eigenvalue weighted by molar-refractivity contribution is -0.388. The van der Waals surface area contributed by atoms with Crippen LogP contribution in [0.4, 0.5) is 24.5 Å². The third-order valence-electron chi connectivity index (χ3n) is 3.80. The number of rotatable bonds is 3. The van der Waals surface area contributed by atoms with E-state index in [1.165, 1.54) is 6.07 Å². The summed E-state index contributed by atoms with van der Waals surface area (Å²) in [6, 6.07) is 3.16. The molecule has 0 aliphatic carbocycles. The molecule has 0 spiro atoms. The number of nitro benzene ring substituents is 1. The van der Waals surface area contributed by atoms with Crippen molar-refractivity contribution < 1.29 is 18.1 Å². The maximum absolute atomic E-state index is 12.9. The molecule has 5 nitrogen and oxygen atoms in total. The van der Waals surface area contributed by atoms with Gasteiger partial charge in [-0.2, -0.15) is 13.2 Å². The topological polar surface area (TPSA) is 72.4 Å². The minimum Gasteiger partial charge on any atom is -0.371 e. The molecule has 1 heterocycles. The zero-order valence-electron chi connectivity index (χ0n) is 11.3. The number of halogens is 3. The Kier molecular flexibility index (Phi) is 4.36. The van der Waals surface area contributed by atoms with Gasteiger partial charge in [0.2, 0.25) is 0 Å². The first kappa shape index (κ1) is 15.6. The standard InChI is InChI=1S/C13H16F3N3O2/c14-13(15,16)11-7-10(1-2-12(11)19(20)21)18-5-3-9(8-17)4-6-18/h1-2,7,9H,3-6,8,17H2. The van der Waals surface area contributed by atoms with E-state index >= 15 is 0 Å². The van der Waals surface area contributed by atoms with Gasteiger partial charge in [0.05, 0.1) is 4.92 Å². The van der Waals surface area contributed by atoms with E-state index in [1.807, 2.05) is 4.90 Å². The monoisotopic (exact) mass is 303 g/mol. The van der Waals surface area contributed by atoms with Gasteiger partial charge in [0, 0.05) is 24.8 Å². The van der Waals surface area contributed by atoms with E-state index in [-0.39, 0.29) is 0 Å². The van der Waals surface area contributed by atoms with Crippen molar-refractivity contribution >= 4 is 11.4 Å². The molecule has 1 fully saturated rings. The summed E-state index contributed by atoms with van der Waals surface area (Å²) in [6.45, 7) is 1.79. The molecule has 1 aliphatic rings. The quantitative estimate of drug-likeness (QED) is 0.688. The molecule has 0 bridgehead atoms. The molecule has 0 unspecified atom stereocenters. The Morgan fingerprint density at radius 2 is 1.95 bits per heavy atom. The Morgan fingerprint density at radius 1 is 1.33 bits per heavy atom. The van der Waals surface area contributed by atoms with E-state index in [0.717, 1.165) is 25.0 Å². The summed E-state index contributed by atoms with van der Waals surface area (Å²) >= 11 is 0. The molecule has 0 radical (unpaired) electrons. The number of anilines is 1. The van der Waals surface area contributed by atoms with E-state index in [0.29, 0.717) is 31.2 Å². The van der Waals surface area contributed by atoms with Crippen LogP contribution in [0.2, 0.25) is 0 Å². The largest absolute Gasteiger partial charge is 0.423 e. The SMILES string of the molecule is NCC1CCN(c2ccc([N+](=O)[O-])c(C(F)(F)F)c2)CC1. The minimum atomic E-state index is -4.74. The number of hydrogen-bond acceptors (Lipinski definition) is 4. The molecule has 0 amide bonds. The van der Waals surface area contributed by atoms with Crippen LogP contribution in [0.25, 0.3) is 0 Å². The predicted octanol–water partition coefficient (Wildman–Crippen LogP) is 2.79. The van der Waals surface area contributed by atoms with Crippen LogP contribution < -0.4 is 10.6 Å². The molecule has 1 aliphatic heterocycles. The fraction of sp³-hybridized carbons (Fsp3) is 0.538. The summed E-state index contributed by atoms with van der Waals surface area (Å²) in [7, 11) is 0. The number of piperidine rings is 1. The molecule has 8 heteroatoms. The molecule has 1 saturated heterocycles. The maximum atomic E-state index is 12.9. The highest BCUT2D eigenvalue weighted by Gasteiger charge is 2.38. The van der Waals surface area contributed by atoms with Crippen molar-refractivity contribution in [2.24, 2.45) is 11.7 Å². The van der Waals surface area contributed by atoms with Gasteiger partial charge in [0.25, 0.3) is 5.69 Å². The van der Waals surface area contributed by atoms with Crippen molar-refractivity contribution in [3.8, 4) is 0 Å². The third kappa shape index (κ3) is 3.44. The van der Waals surface area contributed by atoms with Crippen molar-refractivity contribution in [2.45, 2.75) is 19.0 Å². The van der Waals surface area contributed by atoms with Crippen LogP contribution in [0, 0.1) is 16.0 Å². The fourth-order valence-electron chi connectivity index (χ4n) is 2.53. The van der Waals surface area contributed by atoms with E-state index in [9.17, 15) is 23.3 Å². The van der Waals surface area contributed by atoms with E-state index in [4.69, 9.17) is 5.73 Å². The number of alkyl halides is 3. The normalized spacial score (nSPS) is 17.0. The first-order chi connectivity index (χ1) is 9.82. The van der Waals surface area contributed by atoms with Crippen LogP contribution in [-0.2, 0) is 6.18 Å². The van der Waals surface area contributed by atoms with Crippen molar-refractivity contribution in [1.29, 1.82) is 0 Å². The maximum Gasteiger partial charge on any atom is 0.423 e. The van der Waals surface area contributed by atoms with E-state index < -0.39 is 22.4 Å². The summed E-state index contributed by atoms with van der Waals surface area (Å²) in [5, 5.41) is 10.7. The molecule has 1 aromatic carbocycles. The summed E-state index contributed by atoms with van der Waals surface area (Å²) in [5.41, 5.74) is 3.83. The van der Waals surface area contributed by atoms with Gasteiger partial charge in [-0.3, -0.25) is 10.1 Å². The zero-order chi connectivity index (χ0) is 15.6. The van der Waals surface area contributed by atoms with Crippen LogP contribution in [0.1, 0.15) is 18.4 Å². The molecule has 2 rings (SSSR count). The van der Waals surface area contributed by atoms with Gasteiger partial charge < -0.3 is 10.6 Å². The lowest BCUT2D eigenvalue weighted by Gasteiger charge is -2.33. The van der Waals surface area contributed by atoms with Crippen molar-refractivity contribution in [1.82, 2.24) is 0 Å². The molecular weight excluding hydrogens is 287 g/mol. The highest BCUT2D eigenvalue weighted by atomic mass is 19.4. The Balaban J connectivity index is 2.28. The first-order valence-electron chi connectivity index (χ1n) is 6.63. The summed E-state index contributed by atoms with van der Waals surface area (Å²) in [5.74, 6) is 0.390. The highest BCUT2D eigenvalue weighted by Crippen LogP contribution is 2.38. The average molecular weight is 303 g/mol. The number of nitro groups is 1. The van der Waals surface area contributed by atoms with Gasteiger partial charge in [-0.25, -0.2) is 0 Å². The highest BCUT2D eigenvalue weighted by molar-refractivity contribution is 5.57. The van der Waals surface area contributed by atoms with Crippen LogP contribution in [0.15, 0.2) is 18.2 Å². The predicted molar refractivity (Wildman–Crippen MR) is 72.1 cm³/mol. The third-order valence-corrected chi connectivity index (χ3v) is 3.80. The van der Waals surface area contributed by atoms with Crippen LogP contribution in [0.5, 0.6) is 0 Å². The van der Waals surface area contributed by atoms with E-state index in [1.54, 1.807) is 0 Å². The molecule has 116 valence electrons. The molecule has 1 aromatic rings. The Bertz CT molecular complexity index is 526. The van der Waals surface area contributed by atoms with Crippen molar-refractivity contribution in [3.63, 3.8) is 0 Å². The summed E-state index contributed by atoms with van der Waals surface area (Å²) in [6.07, 6.45) is -3.11. The molecule has 2 N–H and O–H groups in total. The first-order valence-corrected chi connectivity index (χ1v) is 6.63. The van der Waals surface area contributed by atoms with E-state index in [2.05, 4.69) is 0 Å². The van der Waals surface area contributed by atoms with Gasteiger partial charge in [0.1, 0.15) is 5.56 Å². The Labute approximate surface area is 119 Å². The second kappa shape index (κ2) is 5.88. The molecule has 0 atom stereocenters. The lowest BCUT2D eigenvalue weighted by atomic mass is 9.96. The number of nitrogens with two attached hydrogens (primary N) is 1. The van der Waals surface area contributed by atoms with Gasteiger partial charge in [0.15, 0.2) is 0 Å². The van der Waals surface area contributed by atoms with Crippen LogP contribution in [-0.4, -0.2) is 24.6 Å². The van der Waals surface area contributed by atoms with Gasteiger partial charge >= 0.3 is 6.18 Å². The van der Waals surface area contributed by atoms with Crippen LogP contribution >= 0.6 is 0 Å². The average Bonchev–Trinajstić information content (AvgIpc) is 2.45.